The van der Waals surface area contributed by atoms with Gasteiger partial charge < -0.3 is 15.5 Å². The molecule has 1 aliphatic carbocycles. The summed E-state index contributed by atoms with van der Waals surface area (Å²) in [5.74, 6) is 1.20. The molecule has 1 aromatic heterocycles. The summed E-state index contributed by atoms with van der Waals surface area (Å²) in [7, 11) is 0. The van der Waals surface area contributed by atoms with Gasteiger partial charge in [0.25, 0.3) is 5.91 Å². The molecule has 3 heterocycles. The second-order valence-corrected chi connectivity index (χ2v) is 11.4. The van der Waals surface area contributed by atoms with Crippen LogP contribution in [0.2, 0.25) is 0 Å². The Labute approximate surface area is 215 Å². The first-order chi connectivity index (χ1) is 17.4. The predicted octanol–water partition coefficient (Wildman–Crippen LogP) is 4.31. The maximum atomic E-state index is 13.3. The van der Waals surface area contributed by atoms with Crippen LogP contribution in [0.1, 0.15) is 71.6 Å². The van der Waals surface area contributed by atoms with E-state index in [4.69, 9.17) is 5.73 Å². The highest BCUT2D eigenvalue weighted by molar-refractivity contribution is 5.96. The van der Waals surface area contributed by atoms with E-state index < -0.39 is 5.41 Å². The summed E-state index contributed by atoms with van der Waals surface area (Å²) >= 11 is 0. The lowest BCUT2D eigenvalue weighted by molar-refractivity contribution is -0.131. The van der Waals surface area contributed by atoms with Crippen LogP contribution in [0.4, 0.5) is 0 Å². The van der Waals surface area contributed by atoms with Gasteiger partial charge in [0.15, 0.2) is 0 Å². The number of hydrogen-bond donors (Lipinski definition) is 1. The molecule has 1 saturated carbocycles. The molecule has 3 atom stereocenters. The lowest BCUT2D eigenvalue weighted by Gasteiger charge is -2.42. The fourth-order valence-electron chi connectivity index (χ4n) is 7.32. The largest absolute Gasteiger partial charge is 0.369 e. The van der Waals surface area contributed by atoms with E-state index in [1.54, 1.807) is 6.20 Å². The maximum Gasteiger partial charge on any atom is 0.255 e. The molecule has 2 saturated heterocycles. The molecule has 192 valence electrons. The molecule has 6 nitrogen and oxygen atoms in total. The summed E-state index contributed by atoms with van der Waals surface area (Å²) in [6.45, 7) is 8.57. The van der Waals surface area contributed by atoms with Crippen molar-refractivity contribution in [2.45, 2.75) is 58.3 Å². The smallest absolute Gasteiger partial charge is 0.255 e. The first-order valence-electron chi connectivity index (χ1n) is 13.7. The van der Waals surface area contributed by atoms with Gasteiger partial charge in [-0.15, -0.1) is 0 Å². The van der Waals surface area contributed by atoms with Crippen molar-refractivity contribution in [2.75, 3.05) is 32.7 Å². The fraction of sp³-hybridized carbons (Fsp3) is 0.567. The number of carbonyl (C=O) groups is 2. The van der Waals surface area contributed by atoms with Crippen LogP contribution in [-0.2, 0) is 4.79 Å². The second kappa shape index (κ2) is 10.3. The van der Waals surface area contributed by atoms with Crippen molar-refractivity contribution in [3.63, 3.8) is 0 Å². The molecule has 3 aliphatic rings. The number of nitrogens with two attached hydrogens (primary N) is 1. The highest BCUT2D eigenvalue weighted by atomic mass is 16.2. The van der Waals surface area contributed by atoms with Crippen molar-refractivity contribution in [1.82, 2.24) is 14.8 Å². The molecule has 0 bridgehead atoms. The topological polar surface area (TPSA) is 79.5 Å². The number of carbonyl (C=O) groups excluding carboxylic acids is 2. The van der Waals surface area contributed by atoms with E-state index in [1.165, 1.54) is 12.0 Å². The quantitative estimate of drug-likeness (QED) is 0.630. The standard InChI is InChI=1S/C30H40N4O2/c1-21-11-15-32-22(2)27(21)28(35)34-19-24-17-33(18-25(24)20-34)16-12-26(23-9-5-3-6-10-23)30(29(31)36)13-7-4-8-14-30/h3,5-6,9-11,15,24-26H,4,7-8,12-14,16-20H2,1-2H3,(H2,31,36)/t24?,25?,26-/m0/s1. The predicted molar refractivity (Wildman–Crippen MR) is 142 cm³/mol. The van der Waals surface area contributed by atoms with Crippen LogP contribution < -0.4 is 5.73 Å². The van der Waals surface area contributed by atoms with Gasteiger partial charge in [-0.1, -0.05) is 49.6 Å². The number of benzene rings is 1. The van der Waals surface area contributed by atoms with Crippen molar-refractivity contribution < 1.29 is 9.59 Å². The number of amides is 2. The number of hydrogen-bond acceptors (Lipinski definition) is 4. The van der Waals surface area contributed by atoms with Crippen LogP contribution in [0.25, 0.3) is 0 Å². The maximum absolute atomic E-state index is 13.3. The highest BCUT2D eigenvalue weighted by Crippen LogP contribution is 2.49. The zero-order valence-corrected chi connectivity index (χ0v) is 21.8. The van der Waals surface area contributed by atoms with Gasteiger partial charge >= 0.3 is 0 Å². The van der Waals surface area contributed by atoms with Gasteiger partial charge in [0.2, 0.25) is 5.91 Å². The number of aryl methyl sites for hydroxylation is 2. The summed E-state index contributed by atoms with van der Waals surface area (Å²) < 4.78 is 0. The zero-order valence-electron chi connectivity index (χ0n) is 21.8. The minimum absolute atomic E-state index is 0.121. The molecule has 3 fully saturated rings. The Bertz CT molecular complexity index is 1060. The Kier molecular flexibility index (Phi) is 7.16. The Morgan fingerprint density at radius 1 is 1.00 bits per heavy atom. The lowest BCUT2D eigenvalue weighted by atomic mass is 9.62. The van der Waals surface area contributed by atoms with Crippen molar-refractivity contribution in [3.05, 3.63) is 65.0 Å². The van der Waals surface area contributed by atoms with Crippen molar-refractivity contribution in [2.24, 2.45) is 23.0 Å². The fourth-order valence-corrected chi connectivity index (χ4v) is 7.32. The molecule has 2 unspecified atom stereocenters. The average molecular weight is 489 g/mol. The highest BCUT2D eigenvalue weighted by Gasteiger charge is 2.46. The number of nitrogens with zero attached hydrogens (tertiary/aromatic N) is 3. The van der Waals surface area contributed by atoms with Crippen LogP contribution in [0.3, 0.4) is 0 Å². The van der Waals surface area contributed by atoms with Crippen molar-refractivity contribution in [1.29, 1.82) is 0 Å². The molecule has 2 aliphatic heterocycles. The van der Waals surface area contributed by atoms with Gasteiger partial charge in [0.05, 0.1) is 16.7 Å². The van der Waals surface area contributed by atoms with Crippen LogP contribution >= 0.6 is 0 Å². The first kappa shape index (κ1) is 24.9. The summed E-state index contributed by atoms with van der Waals surface area (Å²) in [6.07, 6.45) is 7.88. The first-order valence-corrected chi connectivity index (χ1v) is 13.7. The molecule has 2 amide bonds. The van der Waals surface area contributed by atoms with E-state index in [0.29, 0.717) is 11.8 Å². The van der Waals surface area contributed by atoms with Crippen molar-refractivity contribution >= 4 is 11.8 Å². The molecule has 6 heteroatoms. The number of likely N-dealkylation sites (tertiary alicyclic amines) is 2. The minimum Gasteiger partial charge on any atom is -0.369 e. The normalized spacial score (nSPS) is 24.4. The monoisotopic (exact) mass is 488 g/mol. The van der Waals surface area contributed by atoms with Gasteiger partial charge in [0, 0.05) is 32.4 Å². The summed E-state index contributed by atoms with van der Waals surface area (Å²) in [6, 6.07) is 12.5. The van der Waals surface area contributed by atoms with E-state index in [-0.39, 0.29) is 17.7 Å². The molecule has 0 radical (unpaired) electrons. The zero-order chi connectivity index (χ0) is 25.3. The lowest BCUT2D eigenvalue weighted by Crippen LogP contribution is -2.44. The van der Waals surface area contributed by atoms with E-state index in [2.05, 4.69) is 34.1 Å². The number of primary amides is 1. The molecule has 2 N–H and O–H groups in total. The van der Waals surface area contributed by atoms with Crippen LogP contribution in [-0.4, -0.2) is 59.3 Å². The van der Waals surface area contributed by atoms with Gasteiger partial charge in [-0.25, -0.2) is 0 Å². The molecular formula is C30H40N4O2. The van der Waals surface area contributed by atoms with Gasteiger partial charge in [-0.2, -0.15) is 0 Å². The van der Waals surface area contributed by atoms with Gasteiger partial charge in [-0.3, -0.25) is 14.6 Å². The Morgan fingerprint density at radius 3 is 2.28 bits per heavy atom. The van der Waals surface area contributed by atoms with Crippen LogP contribution in [0.5, 0.6) is 0 Å². The Hall–Kier alpha value is -2.73. The van der Waals surface area contributed by atoms with E-state index in [0.717, 1.165) is 81.6 Å². The average Bonchev–Trinajstić information content (AvgIpc) is 3.44. The van der Waals surface area contributed by atoms with E-state index in [1.807, 2.05) is 30.9 Å². The number of rotatable bonds is 7. The third-order valence-corrected chi connectivity index (χ3v) is 9.25. The molecular weight excluding hydrogens is 448 g/mol. The third kappa shape index (κ3) is 4.68. The molecule has 1 aromatic carbocycles. The number of pyridine rings is 1. The van der Waals surface area contributed by atoms with E-state index >= 15 is 0 Å². The SMILES string of the molecule is Cc1ccnc(C)c1C(=O)N1CC2CN(CC[C@@H](c3ccccc3)C3(C(N)=O)CCCCC3)CC2C1. The number of aromatic nitrogens is 1. The third-order valence-electron chi connectivity index (χ3n) is 9.25. The van der Waals surface area contributed by atoms with Crippen molar-refractivity contribution in [3.8, 4) is 0 Å². The molecule has 5 rings (SSSR count). The molecule has 0 spiro atoms. The van der Waals surface area contributed by atoms with Gasteiger partial charge in [0.1, 0.15) is 0 Å². The summed E-state index contributed by atoms with van der Waals surface area (Å²) in [5.41, 5.74) is 9.52. The summed E-state index contributed by atoms with van der Waals surface area (Å²) in [4.78, 5) is 35.1. The van der Waals surface area contributed by atoms with Gasteiger partial charge in [-0.05, 0) is 74.6 Å². The molecule has 2 aromatic rings. The Balaban J connectivity index is 1.24. The molecule has 36 heavy (non-hydrogen) atoms. The second-order valence-electron chi connectivity index (χ2n) is 11.4. The Morgan fingerprint density at radius 2 is 1.67 bits per heavy atom. The van der Waals surface area contributed by atoms with E-state index in [9.17, 15) is 9.59 Å². The van der Waals surface area contributed by atoms with Crippen LogP contribution in [0.15, 0.2) is 42.6 Å². The number of fused-ring (bicyclic) bond motifs is 1. The summed E-state index contributed by atoms with van der Waals surface area (Å²) in [5, 5.41) is 0. The van der Waals surface area contributed by atoms with Crippen LogP contribution in [0, 0.1) is 31.1 Å². The minimum atomic E-state index is -0.433.